The van der Waals surface area contributed by atoms with Gasteiger partial charge in [0, 0.05) is 23.5 Å². The number of benzene rings is 1. The van der Waals surface area contributed by atoms with E-state index in [2.05, 4.69) is 9.97 Å². The number of amides is 1. The van der Waals surface area contributed by atoms with Gasteiger partial charge in [0.2, 0.25) is 5.91 Å². The first-order valence-electron chi connectivity index (χ1n) is 11.0. The summed E-state index contributed by atoms with van der Waals surface area (Å²) in [7, 11) is -3.43. The second-order valence-electron chi connectivity index (χ2n) is 8.62. The third-order valence-corrected chi connectivity index (χ3v) is 8.65. The summed E-state index contributed by atoms with van der Waals surface area (Å²) in [6.07, 6.45) is 6.56. The minimum Gasteiger partial charge on any atom is -0.302 e. The summed E-state index contributed by atoms with van der Waals surface area (Å²) in [6.45, 7) is 1.80. The Kier molecular flexibility index (Phi) is 4.59. The van der Waals surface area contributed by atoms with Gasteiger partial charge in [-0.2, -0.15) is 0 Å². The Morgan fingerprint density at radius 1 is 1.12 bits per heavy atom. The van der Waals surface area contributed by atoms with Crippen LogP contribution in [0.3, 0.4) is 0 Å². The van der Waals surface area contributed by atoms with Gasteiger partial charge in [-0.05, 0) is 48.7 Å². The van der Waals surface area contributed by atoms with Crippen LogP contribution in [0.1, 0.15) is 31.2 Å². The molecule has 1 amide bonds. The van der Waals surface area contributed by atoms with Gasteiger partial charge in [0.15, 0.2) is 9.84 Å². The van der Waals surface area contributed by atoms with Gasteiger partial charge in [0.05, 0.1) is 45.5 Å². The van der Waals surface area contributed by atoms with Crippen molar-refractivity contribution in [1.29, 1.82) is 0 Å². The second-order valence-corrected chi connectivity index (χ2v) is 11.3. The van der Waals surface area contributed by atoms with E-state index in [-0.39, 0.29) is 23.1 Å². The molecule has 0 saturated heterocycles. The lowest BCUT2D eigenvalue weighted by Gasteiger charge is -2.18. The molecule has 4 heterocycles. The Morgan fingerprint density at radius 3 is 2.71 bits per heavy atom. The molecule has 0 radical (unpaired) electrons. The number of anilines is 1. The minimum absolute atomic E-state index is 0.0161. The third kappa shape index (κ3) is 3.07. The molecule has 1 aliphatic carbocycles. The smallest absolute Gasteiger partial charge is 0.238 e. The van der Waals surface area contributed by atoms with Crippen LogP contribution in [0, 0.1) is 0 Å². The molecule has 4 aromatic rings. The van der Waals surface area contributed by atoms with Gasteiger partial charge in [-0.25, -0.2) is 18.4 Å². The number of nitrogens with zero attached hydrogens (tertiary/aromatic N) is 5. The topological polar surface area (TPSA) is 98.1 Å². The number of pyridine rings is 2. The van der Waals surface area contributed by atoms with Crippen LogP contribution in [0.25, 0.3) is 16.9 Å². The number of hydrogen-bond acceptors (Lipinski definition) is 6. The van der Waals surface area contributed by atoms with Crippen molar-refractivity contribution in [1.82, 2.24) is 19.5 Å². The number of rotatable bonds is 5. The van der Waals surface area contributed by atoms with E-state index >= 15 is 0 Å². The Hall–Kier alpha value is -3.30. The summed E-state index contributed by atoms with van der Waals surface area (Å²) in [5.41, 5.74) is 2.69. The average molecular weight is 494 g/mol. The van der Waals surface area contributed by atoms with E-state index in [1.807, 2.05) is 12.1 Å². The maximum Gasteiger partial charge on any atom is 0.238 e. The second kappa shape index (κ2) is 7.35. The van der Waals surface area contributed by atoms with Gasteiger partial charge in [0.1, 0.15) is 11.6 Å². The molecule has 0 bridgehead atoms. The maximum absolute atomic E-state index is 13.4. The summed E-state index contributed by atoms with van der Waals surface area (Å²) < 4.78 is 26.8. The highest BCUT2D eigenvalue weighted by Crippen LogP contribution is 2.57. The molecule has 1 aromatic carbocycles. The molecule has 0 N–H and O–H groups in total. The fourth-order valence-corrected chi connectivity index (χ4v) is 5.80. The van der Waals surface area contributed by atoms with Crippen molar-refractivity contribution in [3.63, 3.8) is 0 Å². The molecule has 3 aromatic heterocycles. The Labute approximate surface area is 201 Å². The molecule has 6 rings (SSSR count). The van der Waals surface area contributed by atoms with Crippen LogP contribution in [-0.2, 0) is 26.6 Å². The number of halogens is 1. The molecular weight excluding hydrogens is 474 g/mol. The van der Waals surface area contributed by atoms with Crippen molar-refractivity contribution in [2.45, 2.75) is 36.6 Å². The highest BCUT2D eigenvalue weighted by molar-refractivity contribution is 7.91. The van der Waals surface area contributed by atoms with Gasteiger partial charge in [-0.1, -0.05) is 18.5 Å². The molecule has 8 nitrogen and oxygen atoms in total. The van der Waals surface area contributed by atoms with E-state index < -0.39 is 15.3 Å². The van der Waals surface area contributed by atoms with Crippen LogP contribution in [0.4, 0.5) is 5.69 Å². The number of fused-ring (bicyclic) bond motifs is 3. The number of carbonyl (C=O) groups excluding carboxylic acids is 1. The highest BCUT2D eigenvalue weighted by Gasteiger charge is 2.59. The van der Waals surface area contributed by atoms with E-state index in [4.69, 9.17) is 16.6 Å². The third-order valence-electron chi connectivity index (χ3n) is 6.68. The van der Waals surface area contributed by atoms with E-state index in [0.717, 1.165) is 29.6 Å². The number of sulfone groups is 1. The molecule has 34 heavy (non-hydrogen) atoms. The molecule has 0 unspecified atom stereocenters. The molecule has 1 fully saturated rings. The van der Waals surface area contributed by atoms with Gasteiger partial charge in [0.25, 0.3) is 0 Å². The lowest BCUT2D eigenvalue weighted by molar-refractivity contribution is -0.120. The fraction of sp³-hybridized carbons (Fsp3) is 0.250. The SMILES string of the molecule is CCS(=O)(=O)c1ccnc(-n2c(CN3C(=O)C4(CC4)c4ccncc43)nc3cc(Cl)ccc32)c1. The van der Waals surface area contributed by atoms with Gasteiger partial charge >= 0.3 is 0 Å². The van der Waals surface area contributed by atoms with Gasteiger partial charge < -0.3 is 4.90 Å². The van der Waals surface area contributed by atoms with Gasteiger partial charge in [-0.3, -0.25) is 14.3 Å². The highest BCUT2D eigenvalue weighted by atomic mass is 35.5. The summed E-state index contributed by atoms with van der Waals surface area (Å²) in [5.74, 6) is 0.991. The zero-order chi connectivity index (χ0) is 23.7. The first kappa shape index (κ1) is 21.2. The van der Waals surface area contributed by atoms with Crippen molar-refractivity contribution in [2.24, 2.45) is 0 Å². The minimum atomic E-state index is -3.43. The normalized spacial score (nSPS) is 16.4. The number of aromatic nitrogens is 4. The predicted molar refractivity (Wildman–Crippen MR) is 128 cm³/mol. The molecule has 1 saturated carbocycles. The lowest BCUT2D eigenvalue weighted by atomic mass is 9.99. The van der Waals surface area contributed by atoms with Crippen LogP contribution < -0.4 is 4.90 Å². The van der Waals surface area contributed by atoms with Crippen LogP contribution >= 0.6 is 11.6 Å². The Balaban J connectivity index is 1.52. The first-order chi connectivity index (χ1) is 16.3. The van der Waals surface area contributed by atoms with E-state index in [0.29, 0.717) is 22.2 Å². The van der Waals surface area contributed by atoms with Crippen molar-refractivity contribution >= 4 is 44.1 Å². The summed E-state index contributed by atoms with van der Waals surface area (Å²) in [4.78, 5) is 28.8. The summed E-state index contributed by atoms with van der Waals surface area (Å²) >= 11 is 6.22. The van der Waals surface area contributed by atoms with E-state index in [1.165, 1.54) is 12.3 Å². The molecule has 10 heteroatoms. The van der Waals surface area contributed by atoms with Crippen molar-refractivity contribution in [3.8, 4) is 5.82 Å². The van der Waals surface area contributed by atoms with Crippen LogP contribution in [0.5, 0.6) is 0 Å². The zero-order valence-electron chi connectivity index (χ0n) is 18.3. The number of imidazole rings is 1. The summed E-state index contributed by atoms with van der Waals surface area (Å²) in [6, 6.07) is 10.3. The molecule has 2 aliphatic rings. The summed E-state index contributed by atoms with van der Waals surface area (Å²) in [5, 5.41) is 0.530. The molecule has 1 aliphatic heterocycles. The monoisotopic (exact) mass is 493 g/mol. The largest absolute Gasteiger partial charge is 0.302 e. The first-order valence-corrected chi connectivity index (χ1v) is 13.0. The van der Waals surface area contributed by atoms with Crippen LogP contribution in [0.2, 0.25) is 5.02 Å². The average Bonchev–Trinajstić information content (AvgIpc) is 3.53. The quantitative estimate of drug-likeness (QED) is 0.419. The van der Waals surface area contributed by atoms with Crippen LogP contribution in [0.15, 0.2) is 59.9 Å². The molecule has 0 atom stereocenters. The Morgan fingerprint density at radius 2 is 1.94 bits per heavy atom. The van der Waals surface area contributed by atoms with E-state index in [9.17, 15) is 13.2 Å². The maximum atomic E-state index is 13.4. The van der Waals surface area contributed by atoms with Crippen molar-refractivity contribution < 1.29 is 13.2 Å². The number of hydrogen-bond donors (Lipinski definition) is 0. The lowest BCUT2D eigenvalue weighted by Crippen LogP contribution is -2.32. The van der Waals surface area contributed by atoms with E-state index in [1.54, 1.807) is 47.0 Å². The number of carbonyl (C=O) groups is 1. The van der Waals surface area contributed by atoms with Crippen molar-refractivity contribution in [2.75, 3.05) is 10.7 Å². The van der Waals surface area contributed by atoms with Crippen LogP contribution in [-0.4, -0.2) is 39.6 Å². The van der Waals surface area contributed by atoms with Gasteiger partial charge in [-0.15, -0.1) is 0 Å². The Bertz CT molecular complexity index is 1590. The molecule has 1 spiro atoms. The molecule has 172 valence electrons. The zero-order valence-corrected chi connectivity index (χ0v) is 19.8. The predicted octanol–water partition coefficient (Wildman–Crippen LogP) is 3.84. The fourth-order valence-electron chi connectivity index (χ4n) is 4.74. The standard InChI is InChI=1S/C24H20ClN5O3S/c1-2-34(32,33)16-5-10-27-21(12-16)30-19-4-3-15(25)11-18(19)28-22(30)14-29-20-13-26-9-6-17(20)24(7-8-24)23(29)31/h3-6,9-13H,2,7-8,14H2,1H3. The molecular formula is C24H20ClN5O3S. The van der Waals surface area contributed by atoms with Crippen molar-refractivity contribution in [3.05, 3.63) is 71.4 Å².